The van der Waals surface area contributed by atoms with Crippen LogP contribution in [0.4, 0.5) is 0 Å². The molecule has 0 saturated carbocycles. The van der Waals surface area contributed by atoms with Crippen LogP contribution in [0.1, 0.15) is 36.8 Å². The fourth-order valence-electron chi connectivity index (χ4n) is 2.59. The van der Waals surface area contributed by atoms with E-state index in [9.17, 15) is 4.79 Å². The topological polar surface area (TPSA) is 58.4 Å². The highest BCUT2D eigenvalue weighted by Crippen LogP contribution is 2.13. The summed E-state index contributed by atoms with van der Waals surface area (Å²) in [5.41, 5.74) is 7.90. The number of nitrogens with two attached hydrogens (primary N) is 1. The molecule has 1 fully saturated rings. The van der Waals surface area contributed by atoms with Crippen molar-refractivity contribution in [2.45, 2.75) is 38.8 Å². The molecule has 1 aromatic rings. The molecule has 1 aliphatic rings. The van der Waals surface area contributed by atoms with Crippen LogP contribution in [0.2, 0.25) is 0 Å². The minimum absolute atomic E-state index is 0.0837. The molecular formula is C16H25N3O. The van der Waals surface area contributed by atoms with Crippen molar-refractivity contribution in [1.29, 1.82) is 0 Å². The number of nitrogens with zero attached hydrogens (tertiary/aromatic N) is 1. The van der Waals surface area contributed by atoms with Gasteiger partial charge < -0.3 is 11.1 Å². The van der Waals surface area contributed by atoms with Crippen LogP contribution in [0, 0.1) is 0 Å². The monoisotopic (exact) mass is 275 g/mol. The van der Waals surface area contributed by atoms with Crippen molar-refractivity contribution in [3.63, 3.8) is 0 Å². The Balaban J connectivity index is 1.81. The van der Waals surface area contributed by atoms with Gasteiger partial charge in [-0.15, -0.1) is 0 Å². The summed E-state index contributed by atoms with van der Waals surface area (Å²) >= 11 is 0. The van der Waals surface area contributed by atoms with Crippen molar-refractivity contribution in [2.24, 2.45) is 5.73 Å². The number of rotatable bonds is 7. The van der Waals surface area contributed by atoms with Gasteiger partial charge in [0.15, 0.2) is 0 Å². The number of likely N-dealkylation sites (tertiary alicyclic amines) is 1. The van der Waals surface area contributed by atoms with Crippen LogP contribution in [0.3, 0.4) is 0 Å². The van der Waals surface area contributed by atoms with Gasteiger partial charge in [0.2, 0.25) is 5.91 Å². The van der Waals surface area contributed by atoms with Crippen LogP contribution < -0.4 is 11.1 Å². The third-order valence-electron chi connectivity index (χ3n) is 3.69. The van der Waals surface area contributed by atoms with E-state index in [2.05, 4.69) is 34.5 Å². The molecule has 4 heteroatoms. The maximum atomic E-state index is 11.6. The first-order chi connectivity index (χ1) is 9.78. The Morgan fingerprint density at radius 3 is 2.75 bits per heavy atom. The van der Waals surface area contributed by atoms with Gasteiger partial charge in [-0.05, 0) is 50.0 Å². The number of amides is 1. The van der Waals surface area contributed by atoms with Gasteiger partial charge in [-0.2, -0.15) is 0 Å². The number of hydrogen-bond donors (Lipinski definition) is 2. The molecule has 1 saturated heterocycles. The van der Waals surface area contributed by atoms with E-state index in [1.54, 1.807) is 0 Å². The van der Waals surface area contributed by atoms with Gasteiger partial charge in [-0.1, -0.05) is 24.3 Å². The summed E-state index contributed by atoms with van der Waals surface area (Å²) in [5, 5.41) is 2.95. The average molecular weight is 275 g/mol. The van der Waals surface area contributed by atoms with Crippen LogP contribution in [-0.2, 0) is 17.9 Å². The summed E-state index contributed by atoms with van der Waals surface area (Å²) in [6, 6.07) is 8.50. The van der Waals surface area contributed by atoms with Crippen molar-refractivity contribution in [2.75, 3.05) is 19.6 Å². The zero-order valence-electron chi connectivity index (χ0n) is 12.1. The predicted molar refractivity (Wildman–Crippen MR) is 81.1 cm³/mol. The zero-order chi connectivity index (χ0) is 14.2. The Morgan fingerprint density at radius 1 is 1.25 bits per heavy atom. The summed E-state index contributed by atoms with van der Waals surface area (Å²) in [6.07, 6.45) is 3.90. The van der Waals surface area contributed by atoms with E-state index in [1.807, 2.05) is 0 Å². The van der Waals surface area contributed by atoms with Crippen LogP contribution in [-0.4, -0.2) is 30.4 Å². The molecule has 1 aromatic carbocycles. The Labute approximate surface area is 121 Å². The number of carbonyl (C=O) groups is 1. The molecule has 3 N–H and O–H groups in total. The normalized spacial score (nSPS) is 15.4. The minimum Gasteiger partial charge on any atom is -0.352 e. The predicted octanol–water partition coefficient (Wildman–Crippen LogP) is 1.64. The molecule has 0 atom stereocenters. The van der Waals surface area contributed by atoms with Gasteiger partial charge in [-0.25, -0.2) is 0 Å². The smallest absolute Gasteiger partial charge is 0.220 e. The van der Waals surface area contributed by atoms with Crippen molar-refractivity contribution < 1.29 is 4.79 Å². The van der Waals surface area contributed by atoms with Crippen molar-refractivity contribution >= 4 is 5.91 Å². The molecule has 4 nitrogen and oxygen atoms in total. The Morgan fingerprint density at radius 2 is 2.00 bits per heavy atom. The molecular weight excluding hydrogens is 250 g/mol. The molecule has 20 heavy (non-hydrogen) atoms. The molecule has 0 unspecified atom stereocenters. The highest BCUT2D eigenvalue weighted by Gasteiger charge is 2.11. The highest BCUT2D eigenvalue weighted by atomic mass is 16.1. The average Bonchev–Trinajstić information content (AvgIpc) is 2.96. The van der Waals surface area contributed by atoms with Crippen molar-refractivity contribution in [3.8, 4) is 0 Å². The minimum atomic E-state index is 0.0837. The maximum Gasteiger partial charge on any atom is 0.220 e. The quantitative estimate of drug-likeness (QED) is 0.795. The van der Waals surface area contributed by atoms with Crippen molar-refractivity contribution in [1.82, 2.24) is 10.2 Å². The largest absolute Gasteiger partial charge is 0.352 e. The number of benzene rings is 1. The number of carbonyl (C=O) groups excluding carboxylic acids is 1. The Bertz CT molecular complexity index is 427. The lowest BCUT2D eigenvalue weighted by Crippen LogP contribution is -2.23. The van der Waals surface area contributed by atoms with Gasteiger partial charge in [0.25, 0.3) is 0 Å². The molecule has 0 spiro atoms. The lowest BCUT2D eigenvalue weighted by Gasteiger charge is -2.15. The Kier molecular flexibility index (Phi) is 6.02. The van der Waals surface area contributed by atoms with Crippen molar-refractivity contribution in [3.05, 3.63) is 35.4 Å². The SMILES string of the molecule is NCCCC(=O)NCc1cccc(CN2CCCC2)c1. The fourth-order valence-corrected chi connectivity index (χ4v) is 2.59. The zero-order valence-corrected chi connectivity index (χ0v) is 12.1. The molecule has 110 valence electrons. The molecule has 0 radical (unpaired) electrons. The lowest BCUT2D eigenvalue weighted by atomic mass is 10.1. The van der Waals surface area contributed by atoms with E-state index in [1.165, 1.54) is 37.1 Å². The lowest BCUT2D eigenvalue weighted by molar-refractivity contribution is -0.121. The molecule has 1 aliphatic heterocycles. The van der Waals surface area contributed by atoms with Gasteiger partial charge >= 0.3 is 0 Å². The van der Waals surface area contributed by atoms with Crippen LogP contribution in [0.15, 0.2) is 24.3 Å². The van der Waals surface area contributed by atoms with Crippen LogP contribution in [0.5, 0.6) is 0 Å². The first kappa shape index (κ1) is 15.0. The van der Waals surface area contributed by atoms with Gasteiger partial charge in [0.1, 0.15) is 0 Å². The number of hydrogen-bond acceptors (Lipinski definition) is 3. The highest BCUT2D eigenvalue weighted by molar-refractivity contribution is 5.75. The van der Waals surface area contributed by atoms with E-state index >= 15 is 0 Å². The van der Waals surface area contributed by atoms with Crippen LogP contribution in [0.25, 0.3) is 0 Å². The molecule has 0 bridgehead atoms. The van der Waals surface area contributed by atoms with E-state index in [-0.39, 0.29) is 5.91 Å². The van der Waals surface area contributed by atoms with E-state index < -0.39 is 0 Å². The fraction of sp³-hybridized carbons (Fsp3) is 0.562. The first-order valence-electron chi connectivity index (χ1n) is 7.55. The van der Waals surface area contributed by atoms with Crippen LogP contribution >= 0.6 is 0 Å². The third-order valence-corrected chi connectivity index (χ3v) is 3.69. The van der Waals surface area contributed by atoms with Gasteiger partial charge in [0.05, 0.1) is 0 Å². The molecule has 1 heterocycles. The summed E-state index contributed by atoms with van der Waals surface area (Å²) in [4.78, 5) is 14.0. The second-order valence-electron chi connectivity index (χ2n) is 5.47. The molecule has 2 rings (SSSR count). The summed E-state index contributed by atoms with van der Waals surface area (Å²) in [7, 11) is 0. The second kappa shape index (κ2) is 8.02. The maximum absolute atomic E-state index is 11.6. The van der Waals surface area contributed by atoms with E-state index in [0.29, 0.717) is 19.5 Å². The standard InChI is InChI=1S/C16H25N3O/c17-8-4-7-16(20)18-12-14-5-3-6-15(11-14)13-19-9-1-2-10-19/h3,5-6,11H,1-2,4,7-10,12-13,17H2,(H,18,20). The van der Waals surface area contributed by atoms with E-state index in [0.717, 1.165) is 13.0 Å². The van der Waals surface area contributed by atoms with E-state index in [4.69, 9.17) is 5.73 Å². The molecule has 0 aliphatic carbocycles. The molecule has 1 amide bonds. The summed E-state index contributed by atoms with van der Waals surface area (Å²) in [6.45, 7) is 4.62. The number of nitrogens with one attached hydrogen (secondary N) is 1. The summed E-state index contributed by atoms with van der Waals surface area (Å²) in [5.74, 6) is 0.0837. The second-order valence-corrected chi connectivity index (χ2v) is 5.47. The van der Waals surface area contributed by atoms with Gasteiger partial charge in [0, 0.05) is 19.5 Å². The molecule has 0 aromatic heterocycles. The first-order valence-corrected chi connectivity index (χ1v) is 7.55. The van der Waals surface area contributed by atoms with Gasteiger partial charge in [-0.3, -0.25) is 9.69 Å². The summed E-state index contributed by atoms with van der Waals surface area (Å²) < 4.78 is 0. The Hall–Kier alpha value is -1.39. The third kappa shape index (κ3) is 4.94.